The van der Waals surface area contributed by atoms with Crippen LogP contribution < -0.4 is 0 Å². The molecule has 1 aliphatic heterocycles. The molecule has 1 heterocycles. The van der Waals surface area contributed by atoms with Crippen LogP contribution in [0.5, 0.6) is 0 Å². The molecule has 8 heteroatoms. The van der Waals surface area contributed by atoms with E-state index in [1.165, 1.54) is 34.1 Å². The molecule has 7 nitrogen and oxygen atoms in total. The van der Waals surface area contributed by atoms with Gasteiger partial charge in [0, 0.05) is 26.2 Å². The van der Waals surface area contributed by atoms with Crippen molar-refractivity contribution in [3.05, 3.63) is 65.2 Å². The van der Waals surface area contributed by atoms with Crippen LogP contribution in [0.3, 0.4) is 0 Å². The van der Waals surface area contributed by atoms with E-state index in [0.29, 0.717) is 26.2 Å². The van der Waals surface area contributed by atoms with Gasteiger partial charge in [0.15, 0.2) is 6.61 Å². The summed E-state index contributed by atoms with van der Waals surface area (Å²) in [5.41, 5.74) is 2.54. The average molecular weight is 431 g/mol. The zero-order valence-electron chi connectivity index (χ0n) is 17.2. The van der Waals surface area contributed by atoms with E-state index in [1.807, 2.05) is 18.2 Å². The molecule has 0 fully saturated rings. The highest BCUT2D eigenvalue weighted by Crippen LogP contribution is 2.19. The number of rotatable bonds is 7. The number of ether oxygens (including phenoxy) is 1. The molecule has 0 saturated carbocycles. The maximum Gasteiger partial charge on any atom is 0.338 e. The summed E-state index contributed by atoms with van der Waals surface area (Å²) in [7, 11) is -3.59. The standard InChI is InChI=1S/C22H26N2O5S/c1-3-24(4-2)30(27,28)20-11-9-18(10-12-20)22(26)29-16-21(25)23-14-13-17-7-5-6-8-19(17)15-23/h5-12H,3-4,13-16H2,1-2H3. The number of carbonyl (C=O) groups is 2. The van der Waals surface area contributed by atoms with Gasteiger partial charge in [-0.25, -0.2) is 13.2 Å². The van der Waals surface area contributed by atoms with E-state index in [2.05, 4.69) is 6.07 Å². The minimum Gasteiger partial charge on any atom is -0.452 e. The van der Waals surface area contributed by atoms with Crippen molar-refractivity contribution in [2.24, 2.45) is 0 Å². The summed E-state index contributed by atoms with van der Waals surface area (Å²) >= 11 is 0. The van der Waals surface area contributed by atoms with E-state index in [9.17, 15) is 18.0 Å². The van der Waals surface area contributed by atoms with Crippen LogP contribution >= 0.6 is 0 Å². The second-order valence-corrected chi connectivity index (χ2v) is 8.96. The molecule has 30 heavy (non-hydrogen) atoms. The lowest BCUT2D eigenvalue weighted by Crippen LogP contribution is -2.38. The van der Waals surface area contributed by atoms with Crippen LogP contribution in [-0.2, 0) is 32.5 Å². The number of amides is 1. The fraction of sp³-hybridized carbons (Fsp3) is 0.364. The lowest BCUT2D eigenvalue weighted by atomic mass is 10.00. The number of fused-ring (bicyclic) bond motifs is 1. The average Bonchev–Trinajstić information content (AvgIpc) is 2.77. The highest BCUT2D eigenvalue weighted by Gasteiger charge is 2.23. The first-order chi connectivity index (χ1) is 14.4. The van der Waals surface area contributed by atoms with Gasteiger partial charge < -0.3 is 9.64 Å². The quantitative estimate of drug-likeness (QED) is 0.630. The molecule has 2 aromatic rings. The molecular weight excluding hydrogens is 404 g/mol. The fourth-order valence-electron chi connectivity index (χ4n) is 3.49. The van der Waals surface area contributed by atoms with Crippen LogP contribution in [0.25, 0.3) is 0 Å². The molecule has 3 rings (SSSR count). The minimum atomic E-state index is -3.59. The van der Waals surface area contributed by atoms with E-state index < -0.39 is 16.0 Å². The van der Waals surface area contributed by atoms with Gasteiger partial charge in [-0.05, 0) is 41.8 Å². The first kappa shape index (κ1) is 22.0. The van der Waals surface area contributed by atoms with Crippen molar-refractivity contribution < 1.29 is 22.7 Å². The van der Waals surface area contributed by atoms with Gasteiger partial charge in [-0.3, -0.25) is 4.79 Å². The van der Waals surface area contributed by atoms with Gasteiger partial charge in [0.1, 0.15) is 0 Å². The Kier molecular flexibility index (Phi) is 6.89. The molecule has 1 aliphatic rings. The zero-order chi connectivity index (χ0) is 21.7. The van der Waals surface area contributed by atoms with Gasteiger partial charge in [-0.15, -0.1) is 0 Å². The molecular formula is C22H26N2O5S. The van der Waals surface area contributed by atoms with E-state index >= 15 is 0 Å². The van der Waals surface area contributed by atoms with E-state index in [1.54, 1.807) is 18.7 Å². The fourth-order valence-corrected chi connectivity index (χ4v) is 4.94. The summed E-state index contributed by atoms with van der Waals surface area (Å²) in [4.78, 5) is 26.5. The summed E-state index contributed by atoms with van der Waals surface area (Å²) in [5.74, 6) is -0.911. The number of nitrogens with zero attached hydrogens (tertiary/aromatic N) is 2. The summed E-state index contributed by atoms with van der Waals surface area (Å²) in [6.07, 6.45) is 0.776. The number of benzene rings is 2. The number of carbonyl (C=O) groups excluding carboxylic acids is 2. The number of sulfonamides is 1. The number of esters is 1. The first-order valence-electron chi connectivity index (χ1n) is 9.98. The SMILES string of the molecule is CCN(CC)S(=O)(=O)c1ccc(C(=O)OCC(=O)N2CCc3ccccc3C2)cc1. The van der Waals surface area contributed by atoms with Crippen molar-refractivity contribution in [1.29, 1.82) is 0 Å². The Bertz CT molecular complexity index is 1010. The van der Waals surface area contributed by atoms with E-state index in [0.717, 1.165) is 12.0 Å². The van der Waals surface area contributed by atoms with E-state index in [-0.39, 0.29) is 23.0 Å². The molecule has 0 bridgehead atoms. The molecule has 0 spiro atoms. The molecule has 0 aliphatic carbocycles. The van der Waals surface area contributed by atoms with Gasteiger partial charge >= 0.3 is 5.97 Å². The Hall–Kier alpha value is -2.71. The topological polar surface area (TPSA) is 84.0 Å². The number of hydrogen-bond acceptors (Lipinski definition) is 5. The van der Waals surface area contributed by atoms with Crippen molar-refractivity contribution >= 4 is 21.9 Å². The maximum atomic E-state index is 12.5. The maximum absolute atomic E-state index is 12.5. The smallest absolute Gasteiger partial charge is 0.338 e. The normalized spacial score (nSPS) is 13.8. The van der Waals surface area contributed by atoms with Crippen molar-refractivity contribution in [3.8, 4) is 0 Å². The highest BCUT2D eigenvalue weighted by atomic mass is 32.2. The lowest BCUT2D eigenvalue weighted by Gasteiger charge is -2.28. The van der Waals surface area contributed by atoms with Crippen molar-refractivity contribution in [2.45, 2.75) is 31.7 Å². The Labute approximate surface area is 177 Å². The van der Waals surface area contributed by atoms with Crippen LogP contribution in [0.4, 0.5) is 0 Å². The molecule has 160 valence electrons. The predicted molar refractivity (Wildman–Crippen MR) is 112 cm³/mol. The second-order valence-electron chi connectivity index (χ2n) is 7.02. The van der Waals surface area contributed by atoms with Crippen LogP contribution in [0, 0.1) is 0 Å². The third-order valence-electron chi connectivity index (χ3n) is 5.24. The van der Waals surface area contributed by atoms with Crippen molar-refractivity contribution in [2.75, 3.05) is 26.2 Å². The summed E-state index contributed by atoms with van der Waals surface area (Å²) in [6, 6.07) is 13.5. The highest BCUT2D eigenvalue weighted by molar-refractivity contribution is 7.89. The minimum absolute atomic E-state index is 0.116. The molecule has 0 N–H and O–H groups in total. The molecule has 0 saturated heterocycles. The van der Waals surface area contributed by atoms with Crippen LogP contribution in [-0.4, -0.2) is 55.7 Å². The molecule has 0 atom stereocenters. The van der Waals surface area contributed by atoms with Crippen molar-refractivity contribution in [3.63, 3.8) is 0 Å². The Morgan fingerprint density at radius 1 is 1.00 bits per heavy atom. The Balaban J connectivity index is 1.58. The van der Waals surface area contributed by atoms with Crippen LogP contribution in [0.2, 0.25) is 0 Å². The van der Waals surface area contributed by atoms with Gasteiger partial charge in [-0.2, -0.15) is 4.31 Å². The third kappa shape index (κ3) is 4.71. The van der Waals surface area contributed by atoms with Gasteiger partial charge in [0.05, 0.1) is 10.5 Å². The van der Waals surface area contributed by atoms with Crippen molar-refractivity contribution in [1.82, 2.24) is 9.21 Å². The lowest BCUT2D eigenvalue weighted by molar-refractivity contribution is -0.135. The third-order valence-corrected chi connectivity index (χ3v) is 7.31. The van der Waals surface area contributed by atoms with Gasteiger partial charge in [0.2, 0.25) is 10.0 Å². The second kappa shape index (κ2) is 9.40. The molecule has 0 radical (unpaired) electrons. The van der Waals surface area contributed by atoms with Crippen LogP contribution in [0.1, 0.15) is 35.3 Å². The van der Waals surface area contributed by atoms with Gasteiger partial charge in [0.25, 0.3) is 5.91 Å². The largest absolute Gasteiger partial charge is 0.452 e. The zero-order valence-corrected chi connectivity index (χ0v) is 18.0. The first-order valence-corrected chi connectivity index (χ1v) is 11.4. The van der Waals surface area contributed by atoms with E-state index in [4.69, 9.17) is 4.74 Å². The monoisotopic (exact) mass is 430 g/mol. The predicted octanol–water partition coefficient (Wildman–Crippen LogP) is 2.46. The molecule has 1 amide bonds. The Morgan fingerprint density at radius 2 is 1.63 bits per heavy atom. The Morgan fingerprint density at radius 3 is 2.27 bits per heavy atom. The van der Waals surface area contributed by atoms with Crippen LogP contribution in [0.15, 0.2) is 53.4 Å². The molecule has 0 unspecified atom stereocenters. The molecule has 0 aromatic heterocycles. The number of hydrogen-bond donors (Lipinski definition) is 0. The summed E-state index contributed by atoms with van der Waals surface area (Å²) in [5, 5.41) is 0. The molecule has 2 aromatic carbocycles. The summed E-state index contributed by atoms with van der Waals surface area (Å²) < 4.78 is 31.5. The van der Waals surface area contributed by atoms with Gasteiger partial charge in [-0.1, -0.05) is 38.1 Å². The summed E-state index contributed by atoms with van der Waals surface area (Å²) in [6.45, 7) is 5.02.